The lowest BCUT2D eigenvalue weighted by Crippen LogP contribution is -1.98. The number of hydrogen-bond donors (Lipinski definition) is 0. The second-order valence-electron chi connectivity index (χ2n) is 5.53. The second kappa shape index (κ2) is 8.25. The van der Waals surface area contributed by atoms with Crippen molar-refractivity contribution in [1.82, 2.24) is 9.97 Å². The number of pyridine rings is 2. The van der Waals surface area contributed by atoms with Gasteiger partial charge in [0.2, 0.25) is 0 Å². The van der Waals surface area contributed by atoms with E-state index in [4.69, 9.17) is 4.74 Å². The zero-order valence-corrected chi connectivity index (χ0v) is 14.6. The molecule has 4 rings (SSSR count). The fraction of sp³-hybridized carbons (Fsp3) is 0.182. The van der Waals surface area contributed by atoms with E-state index in [0.717, 1.165) is 35.5 Å². The average Bonchev–Trinajstić information content (AvgIpc) is 2.70. The van der Waals surface area contributed by atoms with Crippen molar-refractivity contribution in [3.63, 3.8) is 0 Å². The van der Waals surface area contributed by atoms with E-state index in [1.807, 2.05) is 62.6 Å². The van der Waals surface area contributed by atoms with E-state index in [1.165, 1.54) is 11.3 Å². The molecule has 1 aliphatic carbocycles. The standard InChI is InChI=1S/C20H16N2O.C2H6.2H2/c1-2-7-18(8-3-1)23-19-11-17(12-21-14-19)16-10-15-6-4-5-9-20(15)22-13-16;1-2;;/h1-4,6-8,10-14H,5,9H2;1-2H3;2*1H. The Morgan fingerprint density at radius 1 is 0.920 bits per heavy atom. The van der Waals surface area contributed by atoms with Crippen LogP contribution in [0.3, 0.4) is 0 Å². The van der Waals surface area contributed by atoms with E-state index in [9.17, 15) is 0 Å². The third-order valence-electron chi connectivity index (χ3n) is 3.87. The van der Waals surface area contributed by atoms with Crippen LogP contribution in [0.4, 0.5) is 0 Å². The monoisotopic (exact) mass is 334 g/mol. The van der Waals surface area contributed by atoms with E-state index >= 15 is 0 Å². The molecule has 0 saturated carbocycles. The molecule has 3 heteroatoms. The topological polar surface area (TPSA) is 35.0 Å². The summed E-state index contributed by atoms with van der Waals surface area (Å²) in [4.78, 5) is 8.89. The van der Waals surface area contributed by atoms with Crippen molar-refractivity contribution in [1.29, 1.82) is 0 Å². The number of ether oxygens (including phenoxy) is 1. The summed E-state index contributed by atoms with van der Waals surface area (Å²) in [6.07, 6.45) is 11.9. The van der Waals surface area contributed by atoms with Crippen LogP contribution in [-0.2, 0) is 6.42 Å². The molecule has 0 unspecified atom stereocenters. The third kappa shape index (κ3) is 4.13. The van der Waals surface area contributed by atoms with Gasteiger partial charge in [0, 0.05) is 32.1 Å². The summed E-state index contributed by atoms with van der Waals surface area (Å²) < 4.78 is 5.86. The van der Waals surface area contributed by atoms with E-state index in [1.54, 1.807) is 6.20 Å². The minimum Gasteiger partial charge on any atom is -0.456 e. The molecule has 3 nitrogen and oxygen atoms in total. The fourth-order valence-corrected chi connectivity index (χ4v) is 2.71. The van der Waals surface area contributed by atoms with Gasteiger partial charge in [-0.05, 0) is 42.7 Å². The van der Waals surface area contributed by atoms with Crippen LogP contribution in [0.2, 0.25) is 0 Å². The molecule has 25 heavy (non-hydrogen) atoms. The molecule has 130 valence electrons. The zero-order valence-electron chi connectivity index (χ0n) is 14.6. The number of benzene rings is 1. The molecule has 0 atom stereocenters. The highest BCUT2D eigenvalue weighted by Crippen LogP contribution is 2.28. The van der Waals surface area contributed by atoms with E-state index in [-0.39, 0.29) is 2.85 Å². The van der Waals surface area contributed by atoms with Gasteiger partial charge in [-0.15, -0.1) is 0 Å². The Balaban J connectivity index is 0.000000883. The number of nitrogens with zero attached hydrogens (tertiary/aromatic N) is 2. The molecule has 0 fully saturated rings. The molecular weight excluding hydrogens is 308 g/mol. The van der Waals surface area contributed by atoms with Gasteiger partial charge in [0.15, 0.2) is 0 Å². The van der Waals surface area contributed by atoms with Gasteiger partial charge >= 0.3 is 0 Å². The summed E-state index contributed by atoms with van der Waals surface area (Å²) in [5.41, 5.74) is 4.43. The van der Waals surface area contributed by atoms with E-state index < -0.39 is 0 Å². The van der Waals surface area contributed by atoms with Crippen LogP contribution in [0.25, 0.3) is 17.2 Å². The molecule has 1 aliphatic rings. The Hall–Kier alpha value is -2.94. The zero-order chi connectivity index (χ0) is 17.5. The Morgan fingerprint density at radius 3 is 2.56 bits per heavy atom. The van der Waals surface area contributed by atoms with Crippen LogP contribution in [0.15, 0.2) is 67.1 Å². The van der Waals surface area contributed by atoms with Crippen LogP contribution in [0.1, 0.15) is 34.4 Å². The number of aryl methyl sites for hydroxylation is 1. The molecule has 0 saturated heterocycles. The highest BCUT2D eigenvalue weighted by Gasteiger charge is 2.09. The van der Waals surface area contributed by atoms with Crippen molar-refractivity contribution in [2.45, 2.75) is 26.7 Å². The normalized spacial score (nSPS) is 11.9. The first-order valence-electron chi connectivity index (χ1n) is 8.72. The first kappa shape index (κ1) is 16.9. The largest absolute Gasteiger partial charge is 0.456 e. The SMILES string of the molecule is C1=Cc2cc(-c3cncc(Oc4ccccc4)c3)cnc2CC1.CC.[HH].[HH]. The van der Waals surface area contributed by atoms with Crippen LogP contribution in [0, 0.1) is 0 Å². The highest BCUT2D eigenvalue weighted by atomic mass is 16.5. The molecule has 2 heterocycles. The van der Waals surface area contributed by atoms with Gasteiger partial charge in [-0.1, -0.05) is 44.2 Å². The summed E-state index contributed by atoms with van der Waals surface area (Å²) in [6.45, 7) is 4.00. The van der Waals surface area contributed by atoms with Crippen LogP contribution in [0.5, 0.6) is 11.5 Å². The highest BCUT2D eigenvalue weighted by molar-refractivity contribution is 5.68. The Labute approximate surface area is 152 Å². The van der Waals surface area contributed by atoms with Gasteiger partial charge < -0.3 is 4.74 Å². The van der Waals surface area contributed by atoms with Crippen molar-refractivity contribution < 1.29 is 7.59 Å². The van der Waals surface area contributed by atoms with Gasteiger partial charge in [0.05, 0.1) is 6.20 Å². The molecule has 0 spiro atoms. The van der Waals surface area contributed by atoms with Crippen molar-refractivity contribution in [2.24, 2.45) is 0 Å². The van der Waals surface area contributed by atoms with Gasteiger partial charge in [0.25, 0.3) is 0 Å². The maximum absolute atomic E-state index is 5.86. The number of rotatable bonds is 3. The molecular formula is C22H26N2O. The number of hydrogen-bond acceptors (Lipinski definition) is 3. The third-order valence-corrected chi connectivity index (χ3v) is 3.87. The lowest BCUT2D eigenvalue weighted by Gasteiger charge is -2.11. The minimum absolute atomic E-state index is 0. The number of fused-ring (bicyclic) bond motifs is 1. The molecule has 1 aromatic carbocycles. The fourth-order valence-electron chi connectivity index (χ4n) is 2.71. The number of allylic oxidation sites excluding steroid dienone is 1. The van der Waals surface area contributed by atoms with Crippen LogP contribution >= 0.6 is 0 Å². The molecule has 0 aliphatic heterocycles. The minimum atomic E-state index is 0. The first-order valence-corrected chi connectivity index (χ1v) is 8.72. The predicted octanol–water partition coefficient (Wildman–Crippen LogP) is 6.41. The van der Waals surface area contributed by atoms with Gasteiger partial charge in [-0.25, -0.2) is 0 Å². The Morgan fingerprint density at radius 2 is 1.72 bits per heavy atom. The number of para-hydroxylation sites is 1. The van der Waals surface area contributed by atoms with E-state index in [2.05, 4.69) is 28.2 Å². The maximum atomic E-state index is 5.86. The van der Waals surface area contributed by atoms with Gasteiger partial charge in [-0.2, -0.15) is 0 Å². The van der Waals surface area contributed by atoms with Crippen molar-refractivity contribution in [3.8, 4) is 22.6 Å². The molecule has 0 amide bonds. The Bertz CT molecular complexity index is 867. The summed E-state index contributed by atoms with van der Waals surface area (Å²) in [6, 6.07) is 13.9. The molecule has 0 bridgehead atoms. The van der Waals surface area contributed by atoms with Crippen molar-refractivity contribution in [3.05, 3.63) is 78.4 Å². The van der Waals surface area contributed by atoms with Gasteiger partial charge in [0.1, 0.15) is 11.5 Å². The lowest BCUT2D eigenvalue weighted by atomic mass is 9.99. The molecule has 3 aromatic rings. The smallest absolute Gasteiger partial charge is 0.146 e. The molecule has 0 N–H and O–H groups in total. The average molecular weight is 334 g/mol. The van der Waals surface area contributed by atoms with Crippen molar-refractivity contribution >= 4 is 6.08 Å². The summed E-state index contributed by atoms with van der Waals surface area (Å²) in [5, 5.41) is 0. The predicted molar refractivity (Wildman–Crippen MR) is 107 cm³/mol. The first-order chi connectivity index (χ1) is 12.4. The van der Waals surface area contributed by atoms with E-state index in [0.29, 0.717) is 0 Å². The quantitative estimate of drug-likeness (QED) is 0.555. The number of aromatic nitrogens is 2. The molecule has 0 radical (unpaired) electrons. The summed E-state index contributed by atoms with van der Waals surface area (Å²) >= 11 is 0. The van der Waals surface area contributed by atoms with Crippen LogP contribution < -0.4 is 4.74 Å². The Kier molecular flexibility index (Phi) is 5.57. The summed E-state index contributed by atoms with van der Waals surface area (Å²) in [7, 11) is 0. The maximum Gasteiger partial charge on any atom is 0.146 e. The second-order valence-corrected chi connectivity index (χ2v) is 5.53. The molecule has 2 aromatic heterocycles. The van der Waals surface area contributed by atoms with Gasteiger partial charge in [-0.3, -0.25) is 9.97 Å². The summed E-state index contributed by atoms with van der Waals surface area (Å²) in [5.74, 6) is 1.53. The van der Waals surface area contributed by atoms with Crippen molar-refractivity contribution in [2.75, 3.05) is 0 Å². The lowest BCUT2D eigenvalue weighted by molar-refractivity contribution is 0.480. The van der Waals surface area contributed by atoms with Crippen LogP contribution in [-0.4, -0.2) is 9.97 Å².